The minimum atomic E-state index is -3.73. The van der Waals surface area contributed by atoms with Crippen molar-refractivity contribution in [3.8, 4) is 0 Å². The summed E-state index contributed by atoms with van der Waals surface area (Å²) in [5, 5.41) is -0.811. The van der Waals surface area contributed by atoms with Crippen LogP contribution in [0.4, 0.5) is 0 Å². The second-order valence-electron chi connectivity index (χ2n) is 8.61. The van der Waals surface area contributed by atoms with Crippen LogP contribution < -0.4 is 0 Å². The molecular formula is C24H25NO5S. The van der Waals surface area contributed by atoms with Crippen LogP contribution in [0.15, 0.2) is 59.5 Å². The Balaban J connectivity index is 1.70. The first-order valence-corrected chi connectivity index (χ1v) is 12.3. The van der Waals surface area contributed by atoms with Gasteiger partial charge in [-0.25, -0.2) is 13.2 Å². The van der Waals surface area contributed by atoms with E-state index in [0.29, 0.717) is 6.42 Å². The van der Waals surface area contributed by atoms with Crippen molar-refractivity contribution in [1.29, 1.82) is 0 Å². The van der Waals surface area contributed by atoms with Crippen molar-refractivity contribution >= 4 is 21.6 Å². The number of benzene rings is 2. The van der Waals surface area contributed by atoms with Crippen molar-refractivity contribution in [2.45, 2.75) is 54.0 Å². The fraction of sp³-hybridized carbons (Fsp3) is 0.417. The summed E-state index contributed by atoms with van der Waals surface area (Å²) in [6.45, 7) is 0. The molecule has 3 aliphatic rings. The Morgan fingerprint density at radius 3 is 2.42 bits per heavy atom. The summed E-state index contributed by atoms with van der Waals surface area (Å²) in [6, 6.07) is 14.6. The van der Waals surface area contributed by atoms with Crippen LogP contribution >= 0.6 is 0 Å². The van der Waals surface area contributed by atoms with Crippen molar-refractivity contribution in [3.05, 3.63) is 65.7 Å². The molecule has 2 heterocycles. The topological polar surface area (TPSA) is 80.8 Å². The fourth-order valence-corrected chi connectivity index (χ4v) is 7.83. The summed E-state index contributed by atoms with van der Waals surface area (Å²) >= 11 is 0. The van der Waals surface area contributed by atoms with Gasteiger partial charge in [0.2, 0.25) is 0 Å². The standard InChI is InChI=1S/C24H25NO5S/c1-30-24(27)23-17-11-6-5-10-16(17)22-21(31(28,29)15-8-3-2-4-9-15)14-18-19(25(22)23)12-7-13-20(18)26/h2-6,8-11,18-19,21-23H,7,12-14H2,1H3/t18-,19?,21?,22?,23-/m0/s1. The fourth-order valence-electron chi connectivity index (χ4n) is 5.85. The average molecular weight is 440 g/mol. The van der Waals surface area contributed by atoms with E-state index < -0.39 is 39.1 Å². The van der Waals surface area contributed by atoms with Crippen molar-refractivity contribution in [2.24, 2.45) is 5.92 Å². The quantitative estimate of drug-likeness (QED) is 0.683. The molecule has 3 unspecified atom stereocenters. The van der Waals surface area contributed by atoms with Gasteiger partial charge >= 0.3 is 5.97 Å². The summed E-state index contributed by atoms with van der Waals surface area (Å²) in [6.07, 6.45) is 2.27. The smallest absolute Gasteiger partial charge is 0.327 e. The lowest BCUT2D eigenvalue weighted by Gasteiger charge is -2.49. The van der Waals surface area contributed by atoms with Gasteiger partial charge < -0.3 is 4.74 Å². The number of carbonyl (C=O) groups excluding carboxylic acids is 2. The number of Topliss-reactive ketones (excluding diaryl/α,β-unsaturated/α-hetero) is 1. The van der Waals surface area contributed by atoms with Gasteiger partial charge in [0.1, 0.15) is 11.8 Å². The van der Waals surface area contributed by atoms with Gasteiger partial charge in [0.25, 0.3) is 0 Å². The molecule has 0 radical (unpaired) electrons. The van der Waals surface area contributed by atoms with E-state index in [-0.39, 0.29) is 23.1 Å². The lowest BCUT2D eigenvalue weighted by molar-refractivity contribution is -0.153. The van der Waals surface area contributed by atoms with Crippen LogP contribution in [0, 0.1) is 5.92 Å². The molecule has 2 fully saturated rings. The van der Waals surface area contributed by atoms with Crippen LogP contribution in [0.1, 0.15) is 48.9 Å². The van der Waals surface area contributed by atoms with Crippen LogP contribution in [0.25, 0.3) is 0 Å². The molecule has 7 heteroatoms. The molecule has 2 aliphatic heterocycles. The minimum Gasteiger partial charge on any atom is -0.468 e. The van der Waals surface area contributed by atoms with E-state index in [0.717, 1.165) is 24.0 Å². The number of sulfone groups is 1. The number of fused-ring (bicyclic) bond motifs is 5. The lowest BCUT2D eigenvalue weighted by atomic mass is 9.75. The number of esters is 1. The molecule has 2 aromatic rings. The van der Waals surface area contributed by atoms with E-state index in [1.54, 1.807) is 30.3 Å². The van der Waals surface area contributed by atoms with Gasteiger partial charge in [-0.05, 0) is 42.5 Å². The molecule has 0 aromatic heterocycles. The molecule has 0 N–H and O–H groups in total. The van der Waals surface area contributed by atoms with Crippen LogP contribution in [0.5, 0.6) is 0 Å². The average Bonchev–Trinajstić information content (AvgIpc) is 3.14. The van der Waals surface area contributed by atoms with E-state index >= 15 is 0 Å². The first-order chi connectivity index (χ1) is 14.9. The Morgan fingerprint density at radius 2 is 1.71 bits per heavy atom. The van der Waals surface area contributed by atoms with Gasteiger partial charge in [0.15, 0.2) is 9.84 Å². The monoisotopic (exact) mass is 439 g/mol. The highest BCUT2D eigenvalue weighted by Gasteiger charge is 2.58. The molecule has 5 rings (SSSR count). The number of rotatable bonds is 3. The lowest BCUT2D eigenvalue weighted by Crippen LogP contribution is -2.57. The first-order valence-electron chi connectivity index (χ1n) is 10.7. The maximum atomic E-state index is 13.8. The van der Waals surface area contributed by atoms with Crippen LogP contribution in [-0.2, 0) is 24.2 Å². The van der Waals surface area contributed by atoms with Crippen LogP contribution in [0.2, 0.25) is 0 Å². The number of nitrogens with zero attached hydrogens (tertiary/aromatic N) is 1. The Bertz CT molecular complexity index is 1130. The SMILES string of the molecule is COC(=O)[C@@H]1c2ccccc2C2C(S(=O)(=O)c3ccccc3)C[C@@H]3C(=O)CCCC3N21. The number of hydrogen-bond donors (Lipinski definition) is 0. The van der Waals surface area contributed by atoms with Gasteiger partial charge in [-0.15, -0.1) is 0 Å². The number of ether oxygens (including phenoxy) is 1. The molecule has 1 saturated carbocycles. The third kappa shape index (κ3) is 3.05. The van der Waals surface area contributed by atoms with E-state index in [1.165, 1.54) is 7.11 Å². The molecule has 0 spiro atoms. The molecule has 6 nitrogen and oxygen atoms in total. The maximum Gasteiger partial charge on any atom is 0.327 e. The van der Waals surface area contributed by atoms with E-state index in [1.807, 2.05) is 29.2 Å². The number of ketones is 1. The molecule has 1 aliphatic carbocycles. The Morgan fingerprint density at radius 1 is 1.03 bits per heavy atom. The highest BCUT2D eigenvalue weighted by atomic mass is 32.2. The zero-order valence-electron chi connectivity index (χ0n) is 17.3. The zero-order chi connectivity index (χ0) is 21.8. The van der Waals surface area contributed by atoms with Crippen molar-refractivity contribution in [3.63, 3.8) is 0 Å². The zero-order valence-corrected chi connectivity index (χ0v) is 18.1. The van der Waals surface area contributed by atoms with Gasteiger partial charge in [-0.1, -0.05) is 42.5 Å². The summed E-state index contributed by atoms with van der Waals surface area (Å²) in [4.78, 5) is 28.1. The number of carbonyl (C=O) groups is 2. The molecule has 31 heavy (non-hydrogen) atoms. The number of hydrogen-bond acceptors (Lipinski definition) is 6. The number of methoxy groups -OCH3 is 1. The van der Waals surface area contributed by atoms with Gasteiger partial charge in [0.05, 0.1) is 23.3 Å². The molecule has 0 amide bonds. The van der Waals surface area contributed by atoms with E-state index in [9.17, 15) is 18.0 Å². The molecule has 2 aromatic carbocycles. The Kier molecular flexibility index (Phi) is 4.98. The van der Waals surface area contributed by atoms with Crippen molar-refractivity contribution < 1.29 is 22.7 Å². The van der Waals surface area contributed by atoms with Crippen LogP contribution in [0.3, 0.4) is 0 Å². The molecule has 1 saturated heterocycles. The molecular weight excluding hydrogens is 414 g/mol. The third-order valence-electron chi connectivity index (χ3n) is 7.15. The second kappa shape index (κ2) is 7.57. The van der Waals surface area contributed by atoms with Gasteiger partial charge in [0, 0.05) is 18.4 Å². The first kappa shape index (κ1) is 20.4. The Hall–Kier alpha value is -2.51. The largest absolute Gasteiger partial charge is 0.468 e. The second-order valence-corrected chi connectivity index (χ2v) is 10.8. The summed E-state index contributed by atoms with van der Waals surface area (Å²) in [5.74, 6) is -0.707. The van der Waals surface area contributed by atoms with Crippen LogP contribution in [-0.4, -0.2) is 43.5 Å². The predicted molar refractivity (Wildman–Crippen MR) is 114 cm³/mol. The van der Waals surface area contributed by atoms with E-state index in [4.69, 9.17) is 4.74 Å². The van der Waals surface area contributed by atoms with Crippen molar-refractivity contribution in [2.75, 3.05) is 7.11 Å². The highest BCUT2D eigenvalue weighted by Crippen LogP contribution is 2.55. The minimum absolute atomic E-state index is 0.0996. The van der Waals surface area contributed by atoms with E-state index in [2.05, 4.69) is 0 Å². The highest BCUT2D eigenvalue weighted by molar-refractivity contribution is 7.92. The molecule has 162 valence electrons. The molecule has 5 atom stereocenters. The summed E-state index contributed by atoms with van der Waals surface area (Å²) in [5.41, 5.74) is 1.63. The van der Waals surface area contributed by atoms with Gasteiger partial charge in [-0.3, -0.25) is 9.69 Å². The predicted octanol–water partition coefficient (Wildman–Crippen LogP) is 3.24. The van der Waals surface area contributed by atoms with Gasteiger partial charge in [-0.2, -0.15) is 0 Å². The Labute approximate surface area is 182 Å². The number of piperidine rings is 1. The van der Waals surface area contributed by atoms with Crippen molar-refractivity contribution in [1.82, 2.24) is 4.90 Å². The normalized spacial score (nSPS) is 30.2. The molecule has 0 bridgehead atoms. The summed E-state index contributed by atoms with van der Waals surface area (Å²) < 4.78 is 32.8. The third-order valence-corrected chi connectivity index (χ3v) is 9.32. The maximum absolute atomic E-state index is 13.8. The summed E-state index contributed by atoms with van der Waals surface area (Å²) in [7, 11) is -2.38.